The molecular formula is C18H29NO. The van der Waals surface area contributed by atoms with Gasteiger partial charge in [0.05, 0.1) is 6.10 Å². The third kappa shape index (κ3) is 4.52. The van der Waals surface area contributed by atoms with Crippen LogP contribution in [0.2, 0.25) is 0 Å². The molecule has 0 bridgehead atoms. The minimum Gasteiger partial charge on any atom is -0.490 e. The lowest BCUT2D eigenvalue weighted by molar-refractivity contribution is 0.130. The van der Waals surface area contributed by atoms with Crippen LogP contribution in [0.4, 0.5) is 0 Å². The molecule has 0 radical (unpaired) electrons. The van der Waals surface area contributed by atoms with Gasteiger partial charge in [-0.05, 0) is 69.7 Å². The van der Waals surface area contributed by atoms with Gasteiger partial charge in [0.1, 0.15) is 5.75 Å². The number of hydrogen-bond donors (Lipinski definition) is 1. The van der Waals surface area contributed by atoms with Crippen LogP contribution < -0.4 is 10.1 Å². The van der Waals surface area contributed by atoms with Crippen molar-refractivity contribution in [1.82, 2.24) is 5.32 Å². The summed E-state index contributed by atoms with van der Waals surface area (Å²) < 4.78 is 6.12. The normalized spacial score (nSPS) is 24.4. The molecular weight excluding hydrogens is 246 g/mol. The molecule has 2 rings (SSSR count). The van der Waals surface area contributed by atoms with Crippen molar-refractivity contribution < 1.29 is 4.74 Å². The van der Waals surface area contributed by atoms with E-state index < -0.39 is 0 Å². The molecule has 0 amide bonds. The van der Waals surface area contributed by atoms with Gasteiger partial charge in [-0.25, -0.2) is 0 Å². The second-order valence-electron chi connectivity index (χ2n) is 6.21. The van der Waals surface area contributed by atoms with Crippen molar-refractivity contribution >= 4 is 0 Å². The van der Waals surface area contributed by atoms with Crippen molar-refractivity contribution in [2.24, 2.45) is 5.92 Å². The fourth-order valence-electron chi connectivity index (χ4n) is 3.01. The Labute approximate surface area is 123 Å². The molecule has 1 aromatic rings. The molecule has 1 unspecified atom stereocenters. The van der Waals surface area contributed by atoms with Gasteiger partial charge in [-0.15, -0.1) is 0 Å². The predicted octanol–water partition coefficient (Wildman–Crippen LogP) is 4.18. The molecule has 1 aliphatic carbocycles. The first-order chi connectivity index (χ1) is 9.71. The molecule has 1 saturated carbocycles. The number of hydrogen-bond acceptors (Lipinski definition) is 2. The Morgan fingerprint density at radius 3 is 2.35 bits per heavy atom. The van der Waals surface area contributed by atoms with Gasteiger partial charge < -0.3 is 10.1 Å². The minimum absolute atomic E-state index is 0.430. The largest absolute Gasteiger partial charge is 0.490 e. The van der Waals surface area contributed by atoms with Gasteiger partial charge in [0, 0.05) is 6.04 Å². The summed E-state index contributed by atoms with van der Waals surface area (Å²) in [5.41, 5.74) is 1.37. The summed E-state index contributed by atoms with van der Waals surface area (Å²) in [4.78, 5) is 0. The smallest absolute Gasteiger partial charge is 0.119 e. The van der Waals surface area contributed by atoms with Gasteiger partial charge in [-0.2, -0.15) is 0 Å². The molecule has 1 aliphatic rings. The van der Waals surface area contributed by atoms with Crippen LogP contribution in [-0.2, 0) is 6.42 Å². The molecule has 1 atom stereocenters. The summed E-state index contributed by atoms with van der Waals surface area (Å²) in [5, 5.41) is 3.27. The average molecular weight is 275 g/mol. The van der Waals surface area contributed by atoms with Crippen LogP contribution in [0.5, 0.6) is 5.75 Å². The number of rotatable bonds is 6. The Bertz CT molecular complexity index is 379. The fourth-order valence-corrected chi connectivity index (χ4v) is 3.01. The second-order valence-corrected chi connectivity index (χ2v) is 6.21. The lowest BCUT2D eigenvalue weighted by atomic mass is 9.86. The number of nitrogens with one attached hydrogen (secondary N) is 1. The average Bonchev–Trinajstić information content (AvgIpc) is 2.50. The standard InChI is InChI=1S/C18H29NO/c1-4-15-5-9-17(10-6-15)20-18-11-7-16(8-12-18)13-14(2)19-3/h7-8,11-12,14-15,17,19H,4-6,9-10,13H2,1-3H3. The van der Waals surface area contributed by atoms with Crippen LogP contribution in [0.25, 0.3) is 0 Å². The molecule has 0 saturated heterocycles. The van der Waals surface area contributed by atoms with E-state index in [1.165, 1.54) is 37.7 Å². The third-order valence-electron chi connectivity index (χ3n) is 4.63. The topological polar surface area (TPSA) is 21.3 Å². The van der Waals surface area contributed by atoms with Crippen LogP contribution in [0, 0.1) is 5.92 Å². The lowest BCUT2D eigenvalue weighted by Crippen LogP contribution is -2.24. The van der Waals surface area contributed by atoms with Crippen molar-refractivity contribution in [3.05, 3.63) is 29.8 Å². The highest BCUT2D eigenvalue weighted by atomic mass is 16.5. The highest BCUT2D eigenvalue weighted by Crippen LogP contribution is 2.29. The zero-order valence-corrected chi connectivity index (χ0v) is 13.2. The summed E-state index contributed by atoms with van der Waals surface area (Å²) >= 11 is 0. The van der Waals surface area contributed by atoms with Crippen molar-refractivity contribution in [2.75, 3.05) is 7.05 Å². The Morgan fingerprint density at radius 2 is 1.80 bits per heavy atom. The zero-order chi connectivity index (χ0) is 14.4. The van der Waals surface area contributed by atoms with E-state index in [1.807, 2.05) is 7.05 Å². The van der Waals surface area contributed by atoms with E-state index in [1.54, 1.807) is 0 Å². The fraction of sp³-hybridized carbons (Fsp3) is 0.667. The Balaban J connectivity index is 1.82. The minimum atomic E-state index is 0.430. The summed E-state index contributed by atoms with van der Waals surface area (Å²) in [7, 11) is 2.01. The molecule has 0 heterocycles. The van der Waals surface area contributed by atoms with Crippen molar-refractivity contribution in [3.63, 3.8) is 0 Å². The number of benzene rings is 1. The highest BCUT2D eigenvalue weighted by molar-refractivity contribution is 5.28. The molecule has 2 nitrogen and oxygen atoms in total. The van der Waals surface area contributed by atoms with Gasteiger partial charge in [0.15, 0.2) is 0 Å². The van der Waals surface area contributed by atoms with Gasteiger partial charge in [-0.1, -0.05) is 25.5 Å². The molecule has 112 valence electrons. The van der Waals surface area contributed by atoms with Crippen LogP contribution in [0.15, 0.2) is 24.3 Å². The summed E-state index contributed by atoms with van der Waals surface area (Å²) in [5.74, 6) is 1.96. The van der Waals surface area contributed by atoms with Crippen molar-refractivity contribution in [3.8, 4) is 5.75 Å². The highest BCUT2D eigenvalue weighted by Gasteiger charge is 2.21. The molecule has 2 heteroatoms. The summed E-state index contributed by atoms with van der Waals surface area (Å²) in [6, 6.07) is 9.17. The Kier molecular flexibility index (Phi) is 5.90. The number of likely N-dealkylation sites (N-methyl/N-ethyl adjacent to an activating group) is 1. The molecule has 1 N–H and O–H groups in total. The monoisotopic (exact) mass is 275 g/mol. The first kappa shape index (κ1) is 15.4. The molecule has 20 heavy (non-hydrogen) atoms. The predicted molar refractivity (Wildman–Crippen MR) is 85.3 cm³/mol. The van der Waals surface area contributed by atoms with E-state index in [0.29, 0.717) is 12.1 Å². The van der Waals surface area contributed by atoms with E-state index in [2.05, 4.69) is 43.4 Å². The quantitative estimate of drug-likeness (QED) is 0.840. The van der Waals surface area contributed by atoms with Crippen LogP contribution >= 0.6 is 0 Å². The summed E-state index contributed by atoms with van der Waals surface area (Å²) in [6.45, 7) is 4.51. The van der Waals surface area contributed by atoms with Gasteiger partial charge in [0.2, 0.25) is 0 Å². The maximum atomic E-state index is 6.12. The SMILES string of the molecule is CCC1CCC(Oc2ccc(CC(C)NC)cc2)CC1. The molecule has 0 aliphatic heterocycles. The van der Waals surface area contributed by atoms with E-state index >= 15 is 0 Å². The maximum absolute atomic E-state index is 6.12. The first-order valence-electron chi connectivity index (χ1n) is 8.14. The maximum Gasteiger partial charge on any atom is 0.119 e. The second kappa shape index (κ2) is 7.68. The first-order valence-corrected chi connectivity index (χ1v) is 8.14. The van der Waals surface area contributed by atoms with Gasteiger partial charge in [0.25, 0.3) is 0 Å². The molecule has 1 aromatic carbocycles. The van der Waals surface area contributed by atoms with E-state index in [0.717, 1.165) is 18.1 Å². The van der Waals surface area contributed by atoms with Crippen LogP contribution in [0.1, 0.15) is 51.5 Å². The lowest BCUT2D eigenvalue weighted by Gasteiger charge is -2.28. The van der Waals surface area contributed by atoms with Crippen molar-refractivity contribution in [1.29, 1.82) is 0 Å². The van der Waals surface area contributed by atoms with Crippen LogP contribution in [-0.4, -0.2) is 19.2 Å². The molecule has 0 aromatic heterocycles. The third-order valence-corrected chi connectivity index (χ3v) is 4.63. The summed E-state index contributed by atoms with van der Waals surface area (Å²) in [6.07, 6.45) is 7.93. The Hall–Kier alpha value is -1.02. The molecule has 0 spiro atoms. The van der Waals surface area contributed by atoms with Gasteiger partial charge >= 0.3 is 0 Å². The van der Waals surface area contributed by atoms with E-state index in [-0.39, 0.29) is 0 Å². The van der Waals surface area contributed by atoms with Crippen LogP contribution in [0.3, 0.4) is 0 Å². The number of ether oxygens (including phenoxy) is 1. The Morgan fingerprint density at radius 1 is 1.15 bits per heavy atom. The van der Waals surface area contributed by atoms with Gasteiger partial charge in [-0.3, -0.25) is 0 Å². The van der Waals surface area contributed by atoms with Crippen molar-refractivity contribution in [2.45, 2.75) is 64.5 Å². The molecule has 1 fully saturated rings. The van der Waals surface area contributed by atoms with E-state index in [9.17, 15) is 0 Å². The zero-order valence-electron chi connectivity index (χ0n) is 13.2. The van der Waals surface area contributed by atoms with E-state index in [4.69, 9.17) is 4.74 Å².